The maximum absolute atomic E-state index is 5.08. The van der Waals surface area contributed by atoms with Crippen LogP contribution in [0.1, 0.15) is 173 Å². The summed E-state index contributed by atoms with van der Waals surface area (Å²) in [7, 11) is 0. The van der Waals surface area contributed by atoms with Gasteiger partial charge in [0.2, 0.25) is 0 Å². The maximum atomic E-state index is 5.08. The molecule has 0 heterocycles. The molecule has 0 N–H and O–H groups in total. The zero-order valence-electron chi connectivity index (χ0n) is 29.5. The monoisotopic (exact) mass is 704 g/mol. The zero-order valence-corrected chi connectivity index (χ0v) is 31.1. The summed E-state index contributed by atoms with van der Waals surface area (Å²) in [6.07, 6.45) is 34.8. The zero-order chi connectivity index (χ0) is 31.5. The fourth-order valence-electron chi connectivity index (χ4n) is 5.73. The molecule has 2 aromatic rings. The minimum atomic E-state index is 0. The Labute approximate surface area is 292 Å². The molecule has 254 valence electrons. The fourth-order valence-corrected chi connectivity index (χ4v) is 5.73. The van der Waals surface area contributed by atoms with Crippen molar-refractivity contribution in [2.75, 3.05) is 0 Å². The molecule has 0 saturated carbocycles. The topological polar surface area (TPSA) is 24.7 Å². The molecule has 0 aliphatic rings. The number of nitrogens with zero attached hydrogens (tertiary/aromatic N) is 2. The molecule has 2 aromatic carbocycles. The van der Waals surface area contributed by atoms with Gasteiger partial charge in [-0.3, -0.25) is 9.98 Å². The van der Waals surface area contributed by atoms with Gasteiger partial charge in [-0.25, -0.2) is 0 Å². The fraction of sp³-hybridized carbons (Fsp3) is 0.619. The second kappa shape index (κ2) is 28.4. The molecule has 0 aliphatic heterocycles. The second-order valence-electron chi connectivity index (χ2n) is 12.8. The van der Waals surface area contributed by atoms with E-state index >= 15 is 0 Å². The van der Waals surface area contributed by atoms with Crippen molar-refractivity contribution < 1.29 is 20.4 Å². The van der Waals surface area contributed by atoms with Crippen molar-refractivity contribution in [1.82, 2.24) is 0 Å². The van der Waals surface area contributed by atoms with E-state index in [9.17, 15) is 0 Å². The molecule has 0 bridgehead atoms. The number of rotatable bonds is 26. The molecule has 2 nitrogen and oxygen atoms in total. The van der Waals surface area contributed by atoms with Crippen molar-refractivity contribution in [3.05, 3.63) is 65.2 Å². The number of unbranched alkanes of at least 4 members (excludes halogenated alkanes) is 15. The third-order valence-corrected chi connectivity index (χ3v) is 8.64. The van der Waals surface area contributed by atoms with Crippen LogP contribution < -0.4 is 0 Å². The van der Waals surface area contributed by atoms with Crippen LogP contribution in [0.2, 0.25) is 0 Å². The minimum absolute atomic E-state index is 0. The predicted octanol–water partition coefficient (Wildman–Crippen LogP) is 14.1. The van der Waals surface area contributed by atoms with Crippen LogP contribution in [0.25, 0.3) is 6.08 Å². The van der Waals surface area contributed by atoms with Gasteiger partial charge in [0.05, 0.1) is 17.1 Å². The molecule has 0 saturated heterocycles. The van der Waals surface area contributed by atoms with E-state index in [4.69, 9.17) is 9.98 Å². The summed E-state index contributed by atoms with van der Waals surface area (Å²) in [5, 5.41) is 0. The minimum Gasteiger partial charge on any atom is -0.255 e. The molecule has 0 amide bonds. The predicted molar refractivity (Wildman–Crippen MR) is 200 cm³/mol. The Bertz CT molecular complexity index is 1070. The van der Waals surface area contributed by atoms with Crippen molar-refractivity contribution >= 4 is 29.4 Å². The number of hydrogen-bond donors (Lipinski definition) is 0. The summed E-state index contributed by atoms with van der Waals surface area (Å²) in [6, 6.07) is 15.6. The summed E-state index contributed by atoms with van der Waals surface area (Å²) in [5.74, 6) is 0. The maximum Gasteiger partial charge on any atom is 0.0634 e. The van der Waals surface area contributed by atoms with Crippen molar-refractivity contribution in [3.63, 3.8) is 0 Å². The average Bonchev–Trinajstić information content (AvgIpc) is 3.05. The van der Waals surface area contributed by atoms with Crippen molar-refractivity contribution in [2.45, 2.75) is 169 Å². The van der Waals surface area contributed by atoms with Gasteiger partial charge in [-0.15, -0.1) is 0 Å². The summed E-state index contributed by atoms with van der Waals surface area (Å²) in [5.41, 5.74) is 7.42. The Hall–Kier alpha value is -1.82. The van der Waals surface area contributed by atoms with Crippen LogP contribution in [0.5, 0.6) is 0 Å². The smallest absolute Gasteiger partial charge is 0.0634 e. The largest absolute Gasteiger partial charge is 0.255 e. The summed E-state index contributed by atoms with van der Waals surface area (Å²) < 4.78 is 0. The Kier molecular flexibility index (Phi) is 26.0. The number of aliphatic imine (C=N–C) groups is 2. The van der Waals surface area contributed by atoms with Gasteiger partial charge in [-0.1, -0.05) is 148 Å². The van der Waals surface area contributed by atoms with Crippen LogP contribution >= 0.6 is 0 Å². The van der Waals surface area contributed by atoms with Crippen molar-refractivity contribution in [2.24, 2.45) is 9.98 Å². The van der Waals surface area contributed by atoms with Gasteiger partial charge in [-0.2, -0.15) is 0 Å². The van der Waals surface area contributed by atoms with Crippen LogP contribution in [-0.4, -0.2) is 11.9 Å². The average molecular weight is 705 g/mol. The van der Waals surface area contributed by atoms with E-state index in [1.165, 1.54) is 145 Å². The third kappa shape index (κ3) is 20.1. The molecule has 0 radical (unpaired) electrons. The number of benzene rings is 2. The quantitative estimate of drug-likeness (QED) is 0.0529. The van der Waals surface area contributed by atoms with Gasteiger partial charge in [0.1, 0.15) is 0 Å². The molecule has 0 fully saturated rings. The SMILES string of the molecule is CCCCCCCCCCC=Cc1ccc(N=C(C=Nc2ccc(CCCC)c(CCCC)c2)CCCCCCCC)cc1.[Pd]. The van der Waals surface area contributed by atoms with Gasteiger partial charge >= 0.3 is 0 Å². The van der Waals surface area contributed by atoms with Crippen LogP contribution in [0.3, 0.4) is 0 Å². The van der Waals surface area contributed by atoms with Gasteiger partial charge in [0, 0.05) is 26.6 Å². The van der Waals surface area contributed by atoms with Gasteiger partial charge < -0.3 is 0 Å². The molecule has 3 heteroatoms. The number of hydrogen-bond acceptors (Lipinski definition) is 2. The summed E-state index contributed by atoms with van der Waals surface area (Å²) in [6.45, 7) is 9.12. The molecular weight excluding hydrogens is 639 g/mol. The Morgan fingerprint density at radius 2 is 1.09 bits per heavy atom. The Balaban J connectivity index is 0.0000101. The molecule has 0 aromatic heterocycles. The van der Waals surface area contributed by atoms with Crippen LogP contribution in [-0.2, 0) is 33.3 Å². The molecule has 0 spiro atoms. The van der Waals surface area contributed by atoms with E-state index in [1.807, 2.05) is 6.21 Å². The first-order chi connectivity index (χ1) is 21.7. The molecule has 2 rings (SSSR count). The van der Waals surface area contributed by atoms with E-state index < -0.39 is 0 Å². The van der Waals surface area contributed by atoms with E-state index in [0.717, 1.165) is 29.9 Å². The summed E-state index contributed by atoms with van der Waals surface area (Å²) in [4.78, 5) is 10.0. The van der Waals surface area contributed by atoms with E-state index in [0.29, 0.717) is 0 Å². The van der Waals surface area contributed by atoms with Crippen molar-refractivity contribution in [3.8, 4) is 0 Å². The van der Waals surface area contributed by atoms with Crippen molar-refractivity contribution in [1.29, 1.82) is 0 Å². The number of allylic oxidation sites excluding steroid dienone is 1. The molecule has 45 heavy (non-hydrogen) atoms. The normalized spacial score (nSPS) is 12.0. The third-order valence-electron chi connectivity index (χ3n) is 8.64. The first-order valence-corrected chi connectivity index (χ1v) is 18.7. The van der Waals surface area contributed by atoms with Crippen LogP contribution in [0, 0.1) is 0 Å². The Morgan fingerprint density at radius 3 is 1.71 bits per heavy atom. The molecule has 0 aliphatic carbocycles. The summed E-state index contributed by atoms with van der Waals surface area (Å²) >= 11 is 0. The molecular formula is C42H66N2Pd. The van der Waals surface area contributed by atoms with E-state index in [2.05, 4.69) is 82.3 Å². The standard InChI is InChI=1S/C42H66N2.Pd/c1-5-9-13-15-17-18-19-20-21-23-25-37-29-32-40(33-30-37)44-42(28-24-22-16-14-10-6-2)36-43-41-34-31-38(26-11-7-3)39(35-41)27-12-8-4;/h23,25,29-36H,5-22,24,26-28H2,1-4H3;. The first-order valence-electron chi connectivity index (χ1n) is 18.7. The van der Waals surface area contributed by atoms with Crippen LogP contribution in [0.4, 0.5) is 11.4 Å². The van der Waals surface area contributed by atoms with Crippen LogP contribution in [0.15, 0.2) is 58.5 Å². The van der Waals surface area contributed by atoms with Gasteiger partial charge in [0.25, 0.3) is 0 Å². The first kappa shape index (κ1) is 41.2. The second-order valence-corrected chi connectivity index (χ2v) is 12.8. The number of aryl methyl sites for hydroxylation is 2. The molecule has 0 unspecified atom stereocenters. The van der Waals surface area contributed by atoms with E-state index in [1.54, 1.807) is 0 Å². The Morgan fingerprint density at radius 1 is 0.556 bits per heavy atom. The van der Waals surface area contributed by atoms with Gasteiger partial charge in [0.15, 0.2) is 0 Å². The van der Waals surface area contributed by atoms with Gasteiger partial charge in [-0.05, 0) is 92.3 Å². The molecule has 0 atom stereocenters. The van der Waals surface area contributed by atoms with E-state index in [-0.39, 0.29) is 20.4 Å².